The summed E-state index contributed by atoms with van der Waals surface area (Å²) in [5, 5.41) is 0. The Labute approximate surface area is 86.3 Å². The fourth-order valence-corrected chi connectivity index (χ4v) is 1.17. The number of aryl methyl sites for hydroxylation is 1. The van der Waals surface area contributed by atoms with Gasteiger partial charge in [0.1, 0.15) is 5.82 Å². The first-order valence-corrected chi connectivity index (χ1v) is 4.56. The van der Waals surface area contributed by atoms with Crippen LogP contribution in [0, 0.1) is 5.82 Å². The molecule has 0 aliphatic carbocycles. The van der Waals surface area contributed by atoms with E-state index in [2.05, 4.69) is 4.74 Å². The van der Waals surface area contributed by atoms with E-state index in [0.717, 1.165) is 18.3 Å². The van der Waals surface area contributed by atoms with Crippen molar-refractivity contribution in [1.82, 2.24) is 4.57 Å². The molecule has 0 unspecified atom stereocenters. The molecule has 1 aromatic rings. The minimum absolute atomic E-state index is 0.222. The first-order valence-electron chi connectivity index (χ1n) is 4.56. The van der Waals surface area contributed by atoms with Crippen LogP contribution in [-0.4, -0.2) is 17.6 Å². The van der Waals surface area contributed by atoms with Gasteiger partial charge in [-0.25, -0.2) is 4.39 Å². The van der Waals surface area contributed by atoms with Crippen molar-refractivity contribution in [3.63, 3.8) is 0 Å². The van der Waals surface area contributed by atoms with E-state index in [-0.39, 0.29) is 17.9 Å². The predicted molar refractivity (Wildman–Crippen MR) is 51.9 cm³/mol. The van der Waals surface area contributed by atoms with Gasteiger partial charge in [-0.2, -0.15) is 0 Å². The van der Waals surface area contributed by atoms with E-state index in [0.29, 0.717) is 13.0 Å². The van der Waals surface area contributed by atoms with Crippen molar-refractivity contribution in [2.24, 2.45) is 0 Å². The first kappa shape index (κ1) is 11.4. The second-order valence-corrected chi connectivity index (χ2v) is 3.06. The van der Waals surface area contributed by atoms with Crippen molar-refractivity contribution in [2.75, 3.05) is 7.11 Å². The number of aromatic nitrogens is 1. The Kier molecular flexibility index (Phi) is 4.03. The zero-order chi connectivity index (χ0) is 11.3. The standard InChI is InChI=1S/C10H12FNO3/c1-15-10(14)3-2-6-12-7-8(11)4-5-9(12)13/h4-5,7H,2-3,6H2,1H3. The Balaban J connectivity index is 2.54. The highest BCUT2D eigenvalue weighted by atomic mass is 19.1. The van der Waals surface area contributed by atoms with E-state index in [9.17, 15) is 14.0 Å². The lowest BCUT2D eigenvalue weighted by atomic mass is 10.3. The second kappa shape index (κ2) is 5.29. The van der Waals surface area contributed by atoms with Crippen molar-refractivity contribution in [3.8, 4) is 0 Å². The van der Waals surface area contributed by atoms with Crippen LogP contribution in [0.25, 0.3) is 0 Å². The molecule has 0 spiro atoms. The summed E-state index contributed by atoms with van der Waals surface area (Å²) in [6.07, 6.45) is 1.80. The Bertz CT molecular complexity index is 400. The van der Waals surface area contributed by atoms with Gasteiger partial charge < -0.3 is 9.30 Å². The molecule has 1 aromatic heterocycles. The third-order valence-electron chi connectivity index (χ3n) is 1.95. The average Bonchev–Trinajstić information content (AvgIpc) is 2.23. The van der Waals surface area contributed by atoms with Gasteiger partial charge in [-0.15, -0.1) is 0 Å². The summed E-state index contributed by atoms with van der Waals surface area (Å²) in [4.78, 5) is 22.0. The minimum atomic E-state index is -0.465. The summed E-state index contributed by atoms with van der Waals surface area (Å²) in [5.74, 6) is -0.799. The SMILES string of the molecule is COC(=O)CCCn1cc(F)ccc1=O. The third kappa shape index (κ3) is 3.53. The van der Waals surface area contributed by atoms with Crippen molar-refractivity contribution in [1.29, 1.82) is 0 Å². The number of carbonyl (C=O) groups is 1. The number of carbonyl (C=O) groups excluding carboxylic acids is 1. The van der Waals surface area contributed by atoms with Crippen molar-refractivity contribution >= 4 is 5.97 Å². The number of ether oxygens (including phenoxy) is 1. The lowest BCUT2D eigenvalue weighted by Gasteiger charge is -2.04. The predicted octanol–water partition coefficient (Wildman–Crippen LogP) is 0.941. The molecule has 15 heavy (non-hydrogen) atoms. The highest BCUT2D eigenvalue weighted by Gasteiger charge is 2.02. The Morgan fingerprint density at radius 1 is 1.53 bits per heavy atom. The van der Waals surface area contributed by atoms with Crippen LogP contribution in [0.2, 0.25) is 0 Å². The highest BCUT2D eigenvalue weighted by Crippen LogP contribution is 1.97. The summed E-state index contributed by atoms with van der Waals surface area (Å²) in [5.41, 5.74) is -0.277. The molecule has 0 aliphatic rings. The number of nitrogens with zero attached hydrogens (tertiary/aromatic N) is 1. The van der Waals surface area contributed by atoms with E-state index in [4.69, 9.17) is 0 Å². The largest absolute Gasteiger partial charge is 0.469 e. The van der Waals surface area contributed by atoms with E-state index in [1.54, 1.807) is 0 Å². The van der Waals surface area contributed by atoms with Crippen molar-refractivity contribution in [2.45, 2.75) is 19.4 Å². The molecule has 0 radical (unpaired) electrons. The number of pyridine rings is 1. The van der Waals surface area contributed by atoms with Gasteiger partial charge in [0, 0.05) is 25.2 Å². The molecule has 0 amide bonds. The van der Waals surface area contributed by atoms with E-state index in [1.165, 1.54) is 11.7 Å². The number of hydrogen-bond acceptors (Lipinski definition) is 3. The van der Waals surface area contributed by atoms with Crippen LogP contribution in [0.15, 0.2) is 23.1 Å². The molecule has 0 N–H and O–H groups in total. The second-order valence-electron chi connectivity index (χ2n) is 3.06. The Morgan fingerprint density at radius 3 is 2.93 bits per heavy atom. The number of rotatable bonds is 4. The zero-order valence-corrected chi connectivity index (χ0v) is 8.40. The van der Waals surface area contributed by atoms with Crippen LogP contribution < -0.4 is 5.56 Å². The summed E-state index contributed by atoms with van der Waals surface area (Å²) < 4.78 is 18.4. The van der Waals surface area contributed by atoms with Crippen LogP contribution >= 0.6 is 0 Å². The molecule has 0 aromatic carbocycles. The zero-order valence-electron chi connectivity index (χ0n) is 8.40. The van der Waals surface area contributed by atoms with Crippen molar-refractivity contribution in [3.05, 3.63) is 34.5 Å². The molecule has 4 nitrogen and oxygen atoms in total. The summed E-state index contributed by atoms with van der Waals surface area (Å²) in [7, 11) is 1.30. The number of esters is 1. The van der Waals surface area contributed by atoms with E-state index in [1.807, 2.05) is 0 Å². The molecule has 82 valence electrons. The van der Waals surface area contributed by atoms with Gasteiger partial charge in [0.15, 0.2) is 0 Å². The third-order valence-corrected chi connectivity index (χ3v) is 1.95. The van der Waals surface area contributed by atoms with Crippen LogP contribution in [-0.2, 0) is 16.1 Å². The average molecular weight is 213 g/mol. The molecule has 0 atom stereocenters. The van der Waals surface area contributed by atoms with Crippen LogP contribution in [0.1, 0.15) is 12.8 Å². The maximum Gasteiger partial charge on any atom is 0.305 e. The first-order chi connectivity index (χ1) is 7.13. The molecular weight excluding hydrogens is 201 g/mol. The van der Waals surface area contributed by atoms with Gasteiger partial charge >= 0.3 is 5.97 Å². The summed E-state index contributed by atoms with van der Waals surface area (Å²) >= 11 is 0. The summed E-state index contributed by atoms with van der Waals surface area (Å²) in [6.45, 7) is 0.311. The topological polar surface area (TPSA) is 48.3 Å². The minimum Gasteiger partial charge on any atom is -0.469 e. The van der Waals surface area contributed by atoms with Gasteiger partial charge in [-0.1, -0.05) is 0 Å². The summed E-state index contributed by atoms with van der Waals surface area (Å²) in [6, 6.07) is 2.27. The molecular formula is C10H12FNO3. The van der Waals surface area contributed by atoms with Crippen LogP contribution in [0.3, 0.4) is 0 Å². The molecule has 5 heteroatoms. The maximum absolute atomic E-state index is 12.7. The lowest BCUT2D eigenvalue weighted by Crippen LogP contribution is -2.19. The molecule has 0 aliphatic heterocycles. The quantitative estimate of drug-likeness (QED) is 0.699. The molecule has 1 rings (SSSR count). The van der Waals surface area contributed by atoms with Gasteiger partial charge in [-0.05, 0) is 12.5 Å². The van der Waals surface area contributed by atoms with Crippen molar-refractivity contribution < 1.29 is 13.9 Å². The highest BCUT2D eigenvalue weighted by molar-refractivity contribution is 5.68. The molecule has 0 fully saturated rings. The number of hydrogen-bond donors (Lipinski definition) is 0. The fraction of sp³-hybridized carbons (Fsp3) is 0.400. The molecule has 0 bridgehead atoms. The van der Waals surface area contributed by atoms with Gasteiger partial charge in [0.05, 0.1) is 7.11 Å². The fourth-order valence-electron chi connectivity index (χ4n) is 1.17. The number of halogens is 1. The molecule has 0 saturated heterocycles. The smallest absolute Gasteiger partial charge is 0.305 e. The maximum atomic E-state index is 12.7. The van der Waals surface area contributed by atoms with Gasteiger partial charge in [-0.3, -0.25) is 9.59 Å². The number of methoxy groups -OCH3 is 1. The van der Waals surface area contributed by atoms with Crippen LogP contribution in [0.4, 0.5) is 4.39 Å². The Morgan fingerprint density at radius 2 is 2.27 bits per heavy atom. The van der Waals surface area contributed by atoms with Gasteiger partial charge in [0.2, 0.25) is 0 Å². The lowest BCUT2D eigenvalue weighted by molar-refractivity contribution is -0.140. The molecule has 0 saturated carbocycles. The van der Waals surface area contributed by atoms with E-state index >= 15 is 0 Å². The van der Waals surface area contributed by atoms with Gasteiger partial charge in [0.25, 0.3) is 5.56 Å². The monoisotopic (exact) mass is 213 g/mol. The van der Waals surface area contributed by atoms with Crippen LogP contribution in [0.5, 0.6) is 0 Å². The molecule has 1 heterocycles. The normalized spacial score (nSPS) is 10.0. The van der Waals surface area contributed by atoms with E-state index < -0.39 is 5.82 Å². The Hall–Kier alpha value is -1.65.